The number of carbonyl (C=O) groups is 1. The standard InChI is InChI=1S/C14H9ClF3NO3S/c15-10-7-8(16)5-6-9(10)13(20)19-11-3-1-2-4-12(11)23(21,22)14(17)18/h1-7,14H,(H,19,20). The molecule has 0 unspecified atom stereocenters. The number of anilines is 1. The number of sulfone groups is 1. The van der Waals surface area contributed by atoms with Crippen LogP contribution in [0.4, 0.5) is 18.9 Å². The number of halogens is 4. The largest absolute Gasteiger partial charge is 0.341 e. The summed E-state index contributed by atoms with van der Waals surface area (Å²) in [7, 11) is -4.89. The van der Waals surface area contributed by atoms with Crippen molar-refractivity contribution in [1.82, 2.24) is 0 Å². The molecule has 122 valence electrons. The zero-order valence-electron chi connectivity index (χ0n) is 11.3. The minimum Gasteiger partial charge on any atom is -0.321 e. The Morgan fingerprint density at radius 1 is 1.13 bits per heavy atom. The lowest BCUT2D eigenvalue weighted by atomic mass is 10.2. The lowest BCUT2D eigenvalue weighted by Crippen LogP contribution is -2.18. The van der Waals surface area contributed by atoms with E-state index in [0.717, 1.165) is 30.3 Å². The molecule has 9 heteroatoms. The predicted octanol–water partition coefficient (Wildman–Crippen LogP) is 3.73. The van der Waals surface area contributed by atoms with Gasteiger partial charge in [-0.1, -0.05) is 23.7 Å². The van der Waals surface area contributed by atoms with Crippen molar-refractivity contribution in [3.8, 4) is 0 Å². The van der Waals surface area contributed by atoms with Crippen LogP contribution in [0, 0.1) is 5.82 Å². The van der Waals surface area contributed by atoms with Crippen LogP contribution in [0.5, 0.6) is 0 Å². The Hall–Kier alpha value is -2.06. The Bertz CT molecular complexity index is 856. The van der Waals surface area contributed by atoms with Gasteiger partial charge >= 0.3 is 5.76 Å². The van der Waals surface area contributed by atoms with Gasteiger partial charge in [0.25, 0.3) is 5.91 Å². The van der Waals surface area contributed by atoms with Crippen molar-refractivity contribution < 1.29 is 26.4 Å². The highest BCUT2D eigenvalue weighted by atomic mass is 35.5. The summed E-state index contributed by atoms with van der Waals surface area (Å²) < 4.78 is 61.5. The third kappa shape index (κ3) is 3.65. The van der Waals surface area contributed by atoms with Crippen molar-refractivity contribution in [3.63, 3.8) is 0 Å². The quantitative estimate of drug-likeness (QED) is 0.900. The van der Waals surface area contributed by atoms with E-state index in [1.165, 1.54) is 12.1 Å². The van der Waals surface area contributed by atoms with Crippen LogP contribution in [0.1, 0.15) is 10.4 Å². The predicted molar refractivity (Wildman–Crippen MR) is 79.0 cm³/mol. The maximum absolute atomic E-state index is 13.0. The van der Waals surface area contributed by atoms with E-state index in [1.807, 2.05) is 0 Å². The summed E-state index contributed by atoms with van der Waals surface area (Å²) in [6.07, 6.45) is 0. The van der Waals surface area contributed by atoms with Crippen LogP contribution in [-0.2, 0) is 9.84 Å². The Morgan fingerprint density at radius 3 is 2.39 bits per heavy atom. The highest BCUT2D eigenvalue weighted by molar-refractivity contribution is 7.91. The third-order valence-electron chi connectivity index (χ3n) is 2.85. The summed E-state index contributed by atoms with van der Waals surface area (Å²) in [5, 5.41) is 1.99. The Kier molecular flexibility index (Phi) is 4.96. The summed E-state index contributed by atoms with van der Waals surface area (Å²) in [5.74, 6) is -5.14. The van der Waals surface area contributed by atoms with Crippen molar-refractivity contribution >= 4 is 33.0 Å². The van der Waals surface area contributed by atoms with Crippen molar-refractivity contribution in [2.45, 2.75) is 10.7 Å². The molecule has 23 heavy (non-hydrogen) atoms. The molecule has 0 aliphatic rings. The van der Waals surface area contributed by atoms with Gasteiger partial charge in [-0.05, 0) is 30.3 Å². The first kappa shape index (κ1) is 17.3. The Balaban J connectivity index is 2.40. The molecule has 1 amide bonds. The van der Waals surface area contributed by atoms with Gasteiger partial charge in [0.2, 0.25) is 9.84 Å². The van der Waals surface area contributed by atoms with Gasteiger partial charge in [0, 0.05) is 0 Å². The molecule has 1 N–H and O–H groups in total. The number of hydrogen-bond donors (Lipinski definition) is 1. The normalized spacial score (nSPS) is 11.5. The number of nitrogens with one attached hydrogen (secondary N) is 1. The van der Waals surface area contributed by atoms with Crippen molar-refractivity contribution in [1.29, 1.82) is 0 Å². The molecule has 0 saturated carbocycles. The van der Waals surface area contributed by atoms with Gasteiger partial charge in [0.05, 0.1) is 21.2 Å². The molecule has 0 radical (unpaired) electrons. The van der Waals surface area contributed by atoms with Crippen LogP contribution < -0.4 is 5.32 Å². The SMILES string of the molecule is O=C(Nc1ccccc1S(=O)(=O)C(F)F)c1ccc(F)cc1Cl. The monoisotopic (exact) mass is 363 g/mol. The molecule has 2 aromatic carbocycles. The second kappa shape index (κ2) is 6.59. The number of carbonyl (C=O) groups excluding carboxylic acids is 1. The Labute approximate surface area is 134 Å². The molecule has 0 fully saturated rings. The van der Waals surface area contributed by atoms with E-state index in [0.29, 0.717) is 0 Å². The Morgan fingerprint density at radius 2 is 1.78 bits per heavy atom. The van der Waals surface area contributed by atoms with Gasteiger partial charge in [-0.2, -0.15) is 8.78 Å². The third-order valence-corrected chi connectivity index (χ3v) is 4.60. The minimum atomic E-state index is -4.89. The number of benzene rings is 2. The van der Waals surface area contributed by atoms with Crippen LogP contribution in [-0.4, -0.2) is 20.1 Å². The molecular weight excluding hydrogens is 355 g/mol. The molecule has 0 aliphatic carbocycles. The maximum atomic E-state index is 13.0. The van der Waals surface area contributed by atoms with E-state index in [-0.39, 0.29) is 16.3 Å². The van der Waals surface area contributed by atoms with E-state index >= 15 is 0 Å². The topological polar surface area (TPSA) is 63.2 Å². The van der Waals surface area contributed by atoms with Crippen LogP contribution >= 0.6 is 11.6 Å². The molecule has 0 bridgehead atoms. The molecule has 0 spiro atoms. The van der Waals surface area contributed by atoms with E-state index < -0.39 is 32.2 Å². The van der Waals surface area contributed by atoms with Crippen molar-refractivity contribution in [2.75, 3.05) is 5.32 Å². The molecule has 0 aliphatic heterocycles. The zero-order valence-corrected chi connectivity index (χ0v) is 12.8. The fraction of sp³-hybridized carbons (Fsp3) is 0.0714. The number of amides is 1. The van der Waals surface area contributed by atoms with Gasteiger partial charge in [-0.15, -0.1) is 0 Å². The van der Waals surface area contributed by atoms with Crippen LogP contribution in [0.15, 0.2) is 47.4 Å². The highest BCUT2D eigenvalue weighted by Gasteiger charge is 2.29. The van der Waals surface area contributed by atoms with Crippen LogP contribution in [0.2, 0.25) is 5.02 Å². The van der Waals surface area contributed by atoms with Gasteiger partial charge < -0.3 is 5.32 Å². The molecule has 0 saturated heterocycles. The summed E-state index contributed by atoms with van der Waals surface area (Å²) in [4.78, 5) is 11.4. The number of alkyl halides is 2. The maximum Gasteiger partial charge on any atom is 0.341 e. The lowest BCUT2D eigenvalue weighted by Gasteiger charge is -2.12. The average Bonchev–Trinajstić information content (AvgIpc) is 2.47. The van der Waals surface area contributed by atoms with E-state index in [2.05, 4.69) is 5.32 Å². The van der Waals surface area contributed by atoms with Crippen LogP contribution in [0.3, 0.4) is 0 Å². The lowest BCUT2D eigenvalue weighted by molar-refractivity contribution is 0.102. The number of para-hydroxylation sites is 1. The molecule has 4 nitrogen and oxygen atoms in total. The van der Waals surface area contributed by atoms with E-state index in [1.54, 1.807) is 0 Å². The fourth-order valence-electron chi connectivity index (χ4n) is 1.78. The first-order chi connectivity index (χ1) is 10.7. The average molecular weight is 364 g/mol. The first-order valence-electron chi connectivity index (χ1n) is 6.11. The zero-order chi connectivity index (χ0) is 17.2. The molecule has 0 aromatic heterocycles. The molecule has 2 rings (SSSR count). The highest BCUT2D eigenvalue weighted by Crippen LogP contribution is 2.27. The van der Waals surface area contributed by atoms with E-state index in [4.69, 9.17) is 11.6 Å². The van der Waals surface area contributed by atoms with Crippen molar-refractivity contribution in [2.24, 2.45) is 0 Å². The fourth-order valence-corrected chi connectivity index (χ4v) is 2.92. The second-order valence-electron chi connectivity index (χ2n) is 4.38. The minimum absolute atomic E-state index is 0.127. The van der Waals surface area contributed by atoms with Gasteiger partial charge in [0.1, 0.15) is 5.82 Å². The molecule has 0 heterocycles. The number of hydrogen-bond acceptors (Lipinski definition) is 3. The van der Waals surface area contributed by atoms with Gasteiger partial charge in [-0.25, -0.2) is 12.8 Å². The first-order valence-corrected chi connectivity index (χ1v) is 8.03. The number of rotatable bonds is 4. The molecule has 0 atom stereocenters. The molecule has 2 aromatic rings. The van der Waals surface area contributed by atoms with Crippen LogP contribution in [0.25, 0.3) is 0 Å². The van der Waals surface area contributed by atoms with E-state index in [9.17, 15) is 26.4 Å². The summed E-state index contributed by atoms with van der Waals surface area (Å²) >= 11 is 5.73. The second-order valence-corrected chi connectivity index (χ2v) is 6.67. The van der Waals surface area contributed by atoms with Gasteiger partial charge in [0.15, 0.2) is 0 Å². The summed E-state index contributed by atoms with van der Waals surface area (Å²) in [5.41, 5.74) is -0.449. The smallest absolute Gasteiger partial charge is 0.321 e. The van der Waals surface area contributed by atoms with Crippen molar-refractivity contribution in [3.05, 3.63) is 58.9 Å². The summed E-state index contributed by atoms with van der Waals surface area (Å²) in [6, 6.07) is 7.70. The molecular formula is C14H9ClF3NO3S. The van der Waals surface area contributed by atoms with Gasteiger partial charge in [-0.3, -0.25) is 4.79 Å². The summed E-state index contributed by atoms with van der Waals surface area (Å²) in [6.45, 7) is 0.